The second-order valence-corrected chi connectivity index (χ2v) is 5.84. The first-order valence-electron chi connectivity index (χ1n) is 7.12. The fourth-order valence-electron chi connectivity index (χ4n) is 2.88. The van der Waals surface area contributed by atoms with Gasteiger partial charge in [-0.1, -0.05) is 30.9 Å². The van der Waals surface area contributed by atoms with Crippen molar-refractivity contribution in [1.82, 2.24) is 20.2 Å². The molecule has 6 nitrogen and oxygen atoms in total. The molecule has 8 heteroatoms. The van der Waals surface area contributed by atoms with Crippen LogP contribution in [0.2, 0.25) is 5.02 Å². The average molecular weight is 324 g/mol. The Hall–Kier alpha value is -2.02. The number of nitrogens with one attached hydrogen (secondary N) is 1. The topological polar surface area (TPSA) is 72.7 Å². The summed E-state index contributed by atoms with van der Waals surface area (Å²) in [5.41, 5.74) is -0.350. The Kier molecular flexibility index (Phi) is 4.06. The summed E-state index contributed by atoms with van der Waals surface area (Å²) in [5, 5.41) is 14.0. The molecular weight excluding hydrogens is 309 g/mol. The Bertz CT molecular complexity index is 670. The summed E-state index contributed by atoms with van der Waals surface area (Å²) < 4.78 is 14.7. The van der Waals surface area contributed by atoms with Crippen LogP contribution in [0, 0.1) is 5.82 Å². The first-order valence-corrected chi connectivity index (χ1v) is 7.50. The van der Waals surface area contributed by atoms with Crippen molar-refractivity contribution < 1.29 is 9.18 Å². The maximum Gasteiger partial charge on any atom is 0.252 e. The van der Waals surface area contributed by atoms with Gasteiger partial charge in [0.05, 0.1) is 5.02 Å². The summed E-state index contributed by atoms with van der Waals surface area (Å²) in [6.07, 6.45) is 5.73. The van der Waals surface area contributed by atoms with Crippen LogP contribution in [0.15, 0.2) is 24.5 Å². The molecule has 0 saturated heterocycles. The molecule has 1 aliphatic carbocycles. The fourth-order valence-corrected chi connectivity index (χ4v) is 3.06. The molecule has 1 aliphatic rings. The van der Waals surface area contributed by atoms with E-state index in [4.69, 9.17) is 11.6 Å². The van der Waals surface area contributed by atoms with Gasteiger partial charge in [-0.15, -0.1) is 5.10 Å². The molecule has 1 aromatic heterocycles. The molecule has 22 heavy (non-hydrogen) atoms. The Morgan fingerprint density at radius 3 is 2.73 bits per heavy atom. The van der Waals surface area contributed by atoms with Gasteiger partial charge in [-0.2, -0.15) is 0 Å². The highest BCUT2D eigenvalue weighted by molar-refractivity contribution is 6.31. The number of benzene rings is 1. The van der Waals surface area contributed by atoms with Gasteiger partial charge in [-0.3, -0.25) is 4.79 Å². The average Bonchev–Trinajstić information content (AvgIpc) is 3.06. The summed E-state index contributed by atoms with van der Waals surface area (Å²) in [5.74, 6) is -0.727. The maximum absolute atomic E-state index is 13.2. The molecule has 0 atom stereocenters. The minimum Gasteiger partial charge on any atom is -0.324 e. The van der Waals surface area contributed by atoms with E-state index in [1.54, 1.807) is 0 Å². The van der Waals surface area contributed by atoms with Crippen molar-refractivity contribution in [2.45, 2.75) is 37.6 Å². The number of carbonyl (C=O) groups excluding carboxylic acids is 1. The smallest absolute Gasteiger partial charge is 0.252 e. The third-order valence-electron chi connectivity index (χ3n) is 4.07. The first-order chi connectivity index (χ1) is 10.6. The predicted octanol–water partition coefficient (Wildman–Crippen LogP) is 2.76. The molecule has 3 rings (SSSR count). The second kappa shape index (κ2) is 6.00. The number of tetrazole rings is 1. The van der Waals surface area contributed by atoms with Crippen LogP contribution >= 0.6 is 11.6 Å². The van der Waals surface area contributed by atoms with Crippen LogP contribution in [0.3, 0.4) is 0 Å². The molecule has 0 radical (unpaired) electrons. The van der Waals surface area contributed by atoms with E-state index >= 15 is 0 Å². The van der Waals surface area contributed by atoms with Gasteiger partial charge in [-0.05, 0) is 41.5 Å². The van der Waals surface area contributed by atoms with Crippen molar-refractivity contribution in [2.24, 2.45) is 0 Å². The van der Waals surface area contributed by atoms with Gasteiger partial charge in [0.15, 0.2) is 0 Å². The lowest BCUT2D eigenvalue weighted by molar-refractivity contribution is -0.126. The molecule has 1 heterocycles. The minimum atomic E-state index is -0.803. The van der Waals surface area contributed by atoms with Crippen molar-refractivity contribution in [1.29, 1.82) is 0 Å². The number of hydrogen-bond donors (Lipinski definition) is 1. The van der Waals surface area contributed by atoms with Gasteiger partial charge in [-0.25, -0.2) is 9.07 Å². The molecule has 0 spiro atoms. The second-order valence-electron chi connectivity index (χ2n) is 5.43. The van der Waals surface area contributed by atoms with E-state index in [2.05, 4.69) is 20.8 Å². The van der Waals surface area contributed by atoms with Crippen LogP contribution in [0.1, 0.15) is 32.1 Å². The maximum atomic E-state index is 13.2. The van der Waals surface area contributed by atoms with E-state index in [0.717, 1.165) is 19.3 Å². The molecule has 0 aliphatic heterocycles. The summed E-state index contributed by atoms with van der Waals surface area (Å²) in [7, 11) is 0. The Labute approximate surface area is 131 Å². The highest BCUT2D eigenvalue weighted by Crippen LogP contribution is 2.35. The van der Waals surface area contributed by atoms with Gasteiger partial charge >= 0.3 is 0 Å². The van der Waals surface area contributed by atoms with Crippen LogP contribution in [0.4, 0.5) is 10.1 Å². The molecule has 0 unspecified atom stereocenters. The summed E-state index contributed by atoms with van der Waals surface area (Å²) in [6, 6.07) is 4.10. The third kappa shape index (κ3) is 2.68. The Morgan fingerprint density at radius 1 is 1.32 bits per heavy atom. The van der Waals surface area contributed by atoms with Crippen molar-refractivity contribution in [2.75, 3.05) is 5.32 Å². The molecule has 1 saturated carbocycles. The molecule has 1 fully saturated rings. The normalized spacial score (nSPS) is 17.2. The molecule has 1 aromatic carbocycles. The van der Waals surface area contributed by atoms with Crippen LogP contribution in [-0.4, -0.2) is 26.1 Å². The standard InChI is InChI=1S/C14H15ClFN5O/c15-11-8-10(4-5-12(11)16)18-13(22)14(6-2-1-3-7-14)21-9-17-19-20-21/h4-5,8-9H,1-3,6-7H2,(H,18,22). The van der Waals surface area contributed by atoms with Crippen molar-refractivity contribution in [3.63, 3.8) is 0 Å². The Balaban J connectivity index is 1.88. The molecule has 0 bridgehead atoms. The molecule has 1 N–H and O–H groups in total. The number of hydrogen-bond acceptors (Lipinski definition) is 4. The zero-order chi connectivity index (χ0) is 15.6. The van der Waals surface area contributed by atoms with E-state index in [1.807, 2.05) is 0 Å². The van der Waals surface area contributed by atoms with Gasteiger partial charge < -0.3 is 5.32 Å². The van der Waals surface area contributed by atoms with Crippen molar-refractivity contribution in [3.05, 3.63) is 35.4 Å². The third-order valence-corrected chi connectivity index (χ3v) is 4.36. The number of nitrogens with zero attached hydrogens (tertiary/aromatic N) is 4. The zero-order valence-electron chi connectivity index (χ0n) is 11.8. The molecular formula is C14H15ClFN5O. The number of carbonyl (C=O) groups is 1. The van der Waals surface area contributed by atoms with Gasteiger partial charge in [0.2, 0.25) is 0 Å². The van der Waals surface area contributed by atoms with Gasteiger partial charge in [0.25, 0.3) is 5.91 Å². The van der Waals surface area contributed by atoms with Crippen LogP contribution in [0.5, 0.6) is 0 Å². The number of rotatable bonds is 3. The lowest BCUT2D eigenvalue weighted by Gasteiger charge is -2.35. The van der Waals surface area contributed by atoms with Crippen LogP contribution in [-0.2, 0) is 10.3 Å². The van der Waals surface area contributed by atoms with Crippen LogP contribution in [0.25, 0.3) is 0 Å². The lowest BCUT2D eigenvalue weighted by Crippen LogP contribution is -2.47. The molecule has 1 amide bonds. The van der Waals surface area contributed by atoms with E-state index in [0.29, 0.717) is 18.5 Å². The van der Waals surface area contributed by atoms with E-state index in [-0.39, 0.29) is 10.9 Å². The highest BCUT2D eigenvalue weighted by atomic mass is 35.5. The summed E-state index contributed by atoms with van der Waals surface area (Å²) in [4.78, 5) is 12.8. The number of halogens is 2. The van der Waals surface area contributed by atoms with Crippen molar-refractivity contribution in [3.8, 4) is 0 Å². The summed E-state index contributed by atoms with van der Waals surface area (Å²) in [6.45, 7) is 0. The Morgan fingerprint density at radius 2 is 2.09 bits per heavy atom. The molecule has 2 aromatic rings. The quantitative estimate of drug-likeness (QED) is 0.942. The minimum absolute atomic E-state index is 0.0297. The first kappa shape index (κ1) is 14.9. The number of amides is 1. The fraction of sp³-hybridized carbons (Fsp3) is 0.429. The lowest BCUT2D eigenvalue weighted by atomic mass is 9.81. The van der Waals surface area contributed by atoms with Gasteiger partial charge in [0.1, 0.15) is 17.7 Å². The number of anilines is 1. The van der Waals surface area contributed by atoms with E-state index in [1.165, 1.54) is 29.2 Å². The summed E-state index contributed by atoms with van der Waals surface area (Å²) >= 11 is 5.75. The zero-order valence-corrected chi connectivity index (χ0v) is 12.6. The highest BCUT2D eigenvalue weighted by Gasteiger charge is 2.42. The number of aromatic nitrogens is 4. The van der Waals surface area contributed by atoms with Crippen molar-refractivity contribution >= 4 is 23.2 Å². The SMILES string of the molecule is O=C(Nc1ccc(F)c(Cl)c1)C1(n2cnnn2)CCCCC1. The van der Waals surface area contributed by atoms with Crippen LogP contribution < -0.4 is 5.32 Å². The van der Waals surface area contributed by atoms with E-state index < -0.39 is 11.4 Å². The van der Waals surface area contributed by atoms with Gasteiger partial charge in [0, 0.05) is 5.69 Å². The monoisotopic (exact) mass is 323 g/mol. The predicted molar refractivity (Wildman–Crippen MR) is 78.9 cm³/mol. The largest absolute Gasteiger partial charge is 0.324 e. The molecule has 116 valence electrons. The van der Waals surface area contributed by atoms with E-state index in [9.17, 15) is 9.18 Å².